The smallest absolute Gasteiger partial charge is 0.315 e. The minimum atomic E-state index is -4.36. The van der Waals surface area contributed by atoms with Crippen molar-refractivity contribution in [1.29, 1.82) is 0 Å². The summed E-state index contributed by atoms with van der Waals surface area (Å²) in [6, 6.07) is 0.977. The molecule has 6 heteroatoms. The monoisotopic (exact) mass is 235 g/mol. The minimum absolute atomic E-state index is 0.0314. The number of halogens is 3. The molecule has 0 amide bonds. The van der Waals surface area contributed by atoms with Crippen LogP contribution in [0.25, 0.3) is 0 Å². The molecular formula is C10H16F3N3. The summed E-state index contributed by atoms with van der Waals surface area (Å²) < 4.78 is 38.4. The first-order valence-electron chi connectivity index (χ1n) is 5.32. The molecule has 0 saturated carbocycles. The first-order chi connectivity index (χ1) is 7.49. The highest BCUT2D eigenvalue weighted by Gasteiger charge is 2.33. The van der Waals surface area contributed by atoms with E-state index in [1.165, 1.54) is 10.9 Å². The minimum Gasteiger partial charge on any atom is -0.315 e. The van der Waals surface area contributed by atoms with Gasteiger partial charge in [-0.1, -0.05) is 13.8 Å². The third-order valence-electron chi connectivity index (χ3n) is 2.37. The van der Waals surface area contributed by atoms with Crippen molar-refractivity contribution >= 4 is 0 Å². The van der Waals surface area contributed by atoms with E-state index in [0.717, 1.165) is 19.0 Å². The number of alkyl halides is 3. The lowest BCUT2D eigenvalue weighted by Gasteiger charge is -2.15. The van der Waals surface area contributed by atoms with E-state index in [4.69, 9.17) is 0 Å². The third kappa shape index (κ3) is 3.23. The Morgan fingerprint density at radius 3 is 2.56 bits per heavy atom. The van der Waals surface area contributed by atoms with Gasteiger partial charge in [-0.3, -0.25) is 4.68 Å². The van der Waals surface area contributed by atoms with Crippen LogP contribution in [0.3, 0.4) is 0 Å². The van der Waals surface area contributed by atoms with Crippen LogP contribution in [0.2, 0.25) is 0 Å². The molecule has 0 aliphatic rings. The van der Waals surface area contributed by atoms with Crippen LogP contribution in [0.4, 0.5) is 13.2 Å². The average Bonchev–Trinajstić information content (AvgIpc) is 2.68. The maximum Gasteiger partial charge on any atom is 0.435 e. The molecule has 3 nitrogen and oxygen atoms in total. The van der Waals surface area contributed by atoms with Crippen molar-refractivity contribution < 1.29 is 13.2 Å². The van der Waals surface area contributed by atoms with Gasteiger partial charge in [0.05, 0.1) is 6.04 Å². The highest BCUT2D eigenvalue weighted by atomic mass is 19.4. The Morgan fingerprint density at radius 2 is 2.12 bits per heavy atom. The molecule has 0 fully saturated rings. The van der Waals surface area contributed by atoms with Crippen LogP contribution in [0.5, 0.6) is 0 Å². The zero-order valence-corrected chi connectivity index (χ0v) is 9.38. The van der Waals surface area contributed by atoms with Crippen molar-refractivity contribution in [3.63, 3.8) is 0 Å². The van der Waals surface area contributed by atoms with E-state index < -0.39 is 11.9 Å². The van der Waals surface area contributed by atoms with E-state index in [-0.39, 0.29) is 6.04 Å². The van der Waals surface area contributed by atoms with Crippen LogP contribution in [-0.2, 0) is 6.18 Å². The van der Waals surface area contributed by atoms with Crippen molar-refractivity contribution in [3.05, 3.63) is 18.0 Å². The van der Waals surface area contributed by atoms with Gasteiger partial charge in [-0.05, 0) is 19.0 Å². The van der Waals surface area contributed by atoms with E-state index in [1.54, 1.807) is 0 Å². The van der Waals surface area contributed by atoms with E-state index in [2.05, 4.69) is 10.4 Å². The van der Waals surface area contributed by atoms with Crippen molar-refractivity contribution in [2.45, 2.75) is 32.5 Å². The maximum atomic E-state index is 12.3. The van der Waals surface area contributed by atoms with Crippen LogP contribution >= 0.6 is 0 Å². The summed E-state index contributed by atoms with van der Waals surface area (Å²) in [7, 11) is 0. The molecule has 16 heavy (non-hydrogen) atoms. The number of hydrogen-bond donors (Lipinski definition) is 1. The van der Waals surface area contributed by atoms with Crippen LogP contribution in [0.15, 0.2) is 12.3 Å². The molecule has 1 aromatic heterocycles. The number of nitrogens with zero attached hydrogens (tertiary/aromatic N) is 2. The third-order valence-corrected chi connectivity index (χ3v) is 2.37. The number of aromatic nitrogens is 2. The van der Waals surface area contributed by atoms with Gasteiger partial charge in [0.15, 0.2) is 5.69 Å². The Balaban J connectivity index is 2.75. The van der Waals surface area contributed by atoms with Crippen LogP contribution in [0.1, 0.15) is 32.0 Å². The van der Waals surface area contributed by atoms with Gasteiger partial charge in [0.2, 0.25) is 0 Å². The Hall–Kier alpha value is -1.04. The molecule has 1 heterocycles. The fourth-order valence-electron chi connectivity index (χ4n) is 1.43. The molecule has 0 saturated heterocycles. The maximum absolute atomic E-state index is 12.3. The Labute approximate surface area is 92.6 Å². The second-order valence-corrected chi connectivity index (χ2v) is 3.55. The first kappa shape index (κ1) is 13.0. The lowest BCUT2D eigenvalue weighted by Crippen LogP contribution is -2.25. The summed E-state index contributed by atoms with van der Waals surface area (Å²) in [5, 5.41) is 6.66. The molecule has 1 atom stereocenters. The molecule has 0 aliphatic carbocycles. The Bertz CT molecular complexity index is 319. The SMILES string of the molecule is CCNCC(CC)n1ccc(C(F)(F)F)n1. The number of likely N-dealkylation sites (N-methyl/N-ethyl adjacent to an activating group) is 1. The van der Waals surface area contributed by atoms with E-state index in [1.807, 2.05) is 13.8 Å². The predicted molar refractivity (Wildman–Crippen MR) is 55.1 cm³/mol. The normalized spacial score (nSPS) is 14.1. The molecule has 0 aromatic carbocycles. The zero-order valence-electron chi connectivity index (χ0n) is 9.38. The Morgan fingerprint density at radius 1 is 1.44 bits per heavy atom. The van der Waals surface area contributed by atoms with Gasteiger partial charge in [0, 0.05) is 12.7 Å². The molecule has 1 N–H and O–H groups in total. The fraction of sp³-hybridized carbons (Fsp3) is 0.700. The molecule has 1 aromatic rings. The van der Waals surface area contributed by atoms with Gasteiger partial charge in [-0.25, -0.2) is 0 Å². The molecule has 0 bridgehead atoms. The summed E-state index contributed by atoms with van der Waals surface area (Å²) in [4.78, 5) is 0. The van der Waals surface area contributed by atoms with Gasteiger partial charge in [0.1, 0.15) is 0 Å². The highest BCUT2D eigenvalue weighted by molar-refractivity contribution is 5.04. The van der Waals surface area contributed by atoms with Gasteiger partial charge in [-0.15, -0.1) is 0 Å². The standard InChI is InChI=1S/C10H16F3N3/c1-3-8(7-14-4-2)16-6-5-9(15-16)10(11,12)13/h5-6,8,14H,3-4,7H2,1-2H3. The van der Waals surface area contributed by atoms with Crippen molar-refractivity contribution in [2.24, 2.45) is 0 Å². The van der Waals surface area contributed by atoms with Gasteiger partial charge >= 0.3 is 6.18 Å². The molecule has 0 aliphatic heterocycles. The first-order valence-corrected chi connectivity index (χ1v) is 5.32. The van der Waals surface area contributed by atoms with Crippen LogP contribution in [-0.4, -0.2) is 22.9 Å². The molecule has 1 rings (SSSR count). The number of hydrogen-bond acceptors (Lipinski definition) is 2. The van der Waals surface area contributed by atoms with Crippen molar-refractivity contribution in [2.75, 3.05) is 13.1 Å². The summed E-state index contributed by atoms with van der Waals surface area (Å²) >= 11 is 0. The van der Waals surface area contributed by atoms with Gasteiger partial charge < -0.3 is 5.32 Å². The Kier molecular flexibility index (Phi) is 4.35. The van der Waals surface area contributed by atoms with Gasteiger partial charge in [-0.2, -0.15) is 18.3 Å². The summed E-state index contributed by atoms with van der Waals surface area (Å²) in [6.07, 6.45) is -2.23. The summed E-state index contributed by atoms with van der Waals surface area (Å²) in [6.45, 7) is 5.31. The van der Waals surface area contributed by atoms with Crippen LogP contribution < -0.4 is 5.32 Å². The van der Waals surface area contributed by atoms with E-state index >= 15 is 0 Å². The van der Waals surface area contributed by atoms with E-state index in [9.17, 15) is 13.2 Å². The predicted octanol–water partition coefficient (Wildman–Crippen LogP) is 2.46. The molecule has 0 spiro atoms. The highest BCUT2D eigenvalue weighted by Crippen LogP contribution is 2.28. The average molecular weight is 235 g/mol. The van der Waals surface area contributed by atoms with Crippen LogP contribution in [0, 0.1) is 0 Å². The van der Waals surface area contributed by atoms with E-state index in [0.29, 0.717) is 6.54 Å². The zero-order chi connectivity index (χ0) is 12.2. The second-order valence-electron chi connectivity index (χ2n) is 3.55. The number of rotatable bonds is 5. The second kappa shape index (κ2) is 5.34. The molecule has 1 unspecified atom stereocenters. The largest absolute Gasteiger partial charge is 0.435 e. The van der Waals surface area contributed by atoms with Crippen molar-refractivity contribution in [1.82, 2.24) is 15.1 Å². The summed E-state index contributed by atoms with van der Waals surface area (Å²) in [5.74, 6) is 0. The quantitative estimate of drug-likeness (QED) is 0.849. The van der Waals surface area contributed by atoms with Crippen molar-refractivity contribution in [3.8, 4) is 0 Å². The topological polar surface area (TPSA) is 29.9 Å². The molecule has 92 valence electrons. The number of nitrogens with one attached hydrogen (secondary N) is 1. The lowest BCUT2D eigenvalue weighted by atomic mass is 10.2. The summed E-state index contributed by atoms with van der Waals surface area (Å²) in [5.41, 5.74) is -0.831. The van der Waals surface area contributed by atoms with Gasteiger partial charge in [0.25, 0.3) is 0 Å². The molecule has 0 radical (unpaired) electrons. The molecular weight excluding hydrogens is 219 g/mol. The lowest BCUT2D eigenvalue weighted by molar-refractivity contribution is -0.141. The fourth-order valence-corrected chi connectivity index (χ4v) is 1.43.